The number of carbonyl (C=O) groups is 2. The van der Waals surface area contributed by atoms with Gasteiger partial charge in [0, 0.05) is 108 Å². The van der Waals surface area contributed by atoms with Gasteiger partial charge in [0.2, 0.25) is 0 Å². The van der Waals surface area contributed by atoms with Crippen LogP contribution in [0.5, 0.6) is 0 Å². The maximum atomic E-state index is 12.0. The van der Waals surface area contributed by atoms with Crippen molar-refractivity contribution >= 4 is 108 Å². The molecule has 0 bridgehead atoms. The molecule has 18 heteroatoms. The number of hydrogen-bond donors (Lipinski definition) is 4. The Kier molecular flexibility index (Phi) is 22.2. The summed E-state index contributed by atoms with van der Waals surface area (Å²) in [4.78, 5) is 35.4. The first-order valence-corrected chi connectivity index (χ1v) is 38.3. The third-order valence-corrected chi connectivity index (χ3v) is 9.59. The summed E-state index contributed by atoms with van der Waals surface area (Å²) in [6.45, 7) is 8.01. The normalized spacial score (nSPS) is 14.3. The predicted octanol–water partition coefficient (Wildman–Crippen LogP) is 7.32. The van der Waals surface area contributed by atoms with Crippen molar-refractivity contribution in [3.05, 3.63) is 130 Å². The fourth-order valence-corrected chi connectivity index (χ4v) is 7.26. The molecule has 328 valence electrons. The summed E-state index contributed by atoms with van der Waals surface area (Å²) in [5.74, 6) is 0. The van der Waals surface area contributed by atoms with E-state index in [4.69, 9.17) is 19.8 Å². The third-order valence-electron chi connectivity index (χ3n) is 9.59. The Labute approximate surface area is 414 Å². The van der Waals surface area contributed by atoms with Gasteiger partial charge in [-0.05, 0) is 112 Å². The van der Waals surface area contributed by atoms with Gasteiger partial charge in [0.05, 0.1) is 60.0 Å². The Morgan fingerprint density at radius 3 is 1.85 bits per heavy atom. The van der Waals surface area contributed by atoms with E-state index in [1.54, 1.807) is 18.5 Å². The molecule has 0 fully saturated rings. The average molecular weight is 1400 g/mol. The molecule has 13 nitrogen and oxygen atoms in total. The van der Waals surface area contributed by atoms with Gasteiger partial charge in [0.15, 0.2) is 0 Å². The summed E-state index contributed by atoms with van der Waals surface area (Å²) in [6, 6.07) is 27.2. The van der Waals surface area contributed by atoms with Gasteiger partial charge in [-0.2, -0.15) is 10.5 Å². The van der Waals surface area contributed by atoms with Gasteiger partial charge < -0.3 is 34.8 Å². The van der Waals surface area contributed by atoms with E-state index in [1.807, 2.05) is 94.4 Å². The second-order valence-electron chi connectivity index (χ2n) is 14.6. The van der Waals surface area contributed by atoms with Gasteiger partial charge in [-0.1, -0.05) is 12.1 Å². The Morgan fingerprint density at radius 1 is 0.806 bits per heavy atom. The van der Waals surface area contributed by atoms with Crippen LogP contribution in [-0.2, 0) is 48.3 Å². The van der Waals surface area contributed by atoms with E-state index in [1.165, 1.54) is 16.8 Å². The third kappa shape index (κ3) is 15.0. The number of nitrogens with zero attached hydrogens (tertiary/aromatic N) is 5. The average Bonchev–Trinajstić information content (AvgIpc) is 4.02. The molecule has 0 radical (unpaired) electrons. The van der Waals surface area contributed by atoms with Crippen LogP contribution in [0.3, 0.4) is 0 Å². The van der Waals surface area contributed by atoms with Crippen LogP contribution in [0.2, 0.25) is 0 Å². The van der Waals surface area contributed by atoms with E-state index < -0.39 is 0 Å². The first-order chi connectivity index (χ1) is 30.0. The topological polar surface area (TPSA) is 191 Å². The van der Waals surface area contributed by atoms with Crippen molar-refractivity contribution in [2.75, 3.05) is 0 Å². The fraction of sp³-hybridized carbons (Fsp3) is 0.318. The number of benzene rings is 2. The largest absolute Gasteiger partial charge is 0.390 e. The second-order valence-corrected chi connectivity index (χ2v) is 30.8. The quantitative estimate of drug-likeness (QED) is 0.119. The van der Waals surface area contributed by atoms with Crippen LogP contribution in [0.4, 0.5) is 9.59 Å². The van der Waals surface area contributed by atoms with Gasteiger partial charge in [-0.15, -0.1) is 0 Å². The van der Waals surface area contributed by atoms with Crippen molar-refractivity contribution in [2.45, 2.75) is 90.8 Å². The molecular weight excluding hydrogens is 1360 g/mol. The van der Waals surface area contributed by atoms with Crippen LogP contribution < -0.4 is 23.9 Å². The van der Waals surface area contributed by atoms with E-state index in [0.29, 0.717) is 36.6 Å². The maximum Gasteiger partial charge on any atom is 0.0852 e. The number of hydrogen-bond acceptors (Lipinski definition) is 9. The van der Waals surface area contributed by atoms with Gasteiger partial charge in [-0.3, -0.25) is 9.97 Å². The van der Waals surface area contributed by atoms with Gasteiger partial charge in [-0.25, -0.2) is 9.59 Å². The molecule has 4 aromatic heterocycles. The first kappa shape index (κ1) is 51.6. The number of rotatable bonds is 7. The van der Waals surface area contributed by atoms with Crippen molar-refractivity contribution < 1.29 is 37.4 Å². The monoisotopic (exact) mass is 1400 g/mol. The number of carbonyl (C=O) groups excluding carboxylic acids is 2. The Balaban J connectivity index is 0.000000217. The zero-order valence-corrected chi connectivity index (χ0v) is 45.1. The number of halogens is 5. The first-order valence-electron chi connectivity index (χ1n) is 19.4. The zero-order valence-electron chi connectivity index (χ0n) is 34.3. The Bertz CT molecular complexity index is 2470. The molecule has 0 aliphatic heterocycles. The van der Waals surface area contributed by atoms with Crippen LogP contribution in [0, 0.1) is 22.7 Å². The van der Waals surface area contributed by atoms with E-state index >= 15 is 0 Å². The minimum Gasteiger partial charge on any atom is -0.390 e. The number of pyridine rings is 2. The molecule has 4 heterocycles. The minimum absolute atomic E-state index is 0.0126. The summed E-state index contributed by atoms with van der Waals surface area (Å²) < 4.78 is 12.6. The molecule has 2 aliphatic carbocycles. The minimum atomic E-state index is -0.386. The molecule has 0 spiro atoms. The Morgan fingerprint density at radius 2 is 1.34 bits per heavy atom. The smallest absolute Gasteiger partial charge is 0.0852 e. The van der Waals surface area contributed by atoms with Crippen molar-refractivity contribution in [1.82, 2.24) is 30.2 Å². The van der Waals surface area contributed by atoms with Gasteiger partial charge in [0.25, 0.3) is 0 Å². The number of aromatic nitrogens is 4. The molecule has 2 atom stereocenters. The molecule has 4 N–H and O–H groups in total. The van der Waals surface area contributed by atoms with Crippen molar-refractivity contribution in [3.8, 4) is 12.1 Å². The number of H-pyrrole nitrogens is 1. The molecule has 6 aromatic rings. The molecule has 8 rings (SSSR count). The number of ether oxygens (including phenoxy) is 2. The number of nitriles is 2. The number of aliphatic hydroxyl groups is 1. The number of alkyl carbamates (subject to hydrolysis) is 2. The molecule has 0 saturated carbocycles. The van der Waals surface area contributed by atoms with E-state index in [9.17, 15) is 14.9 Å². The van der Waals surface area contributed by atoms with Crippen LogP contribution in [0.1, 0.15) is 72.7 Å². The fourth-order valence-electron chi connectivity index (χ4n) is 7.26. The second kappa shape index (κ2) is 26.7. The summed E-state index contributed by atoms with van der Waals surface area (Å²) >= 11 is 9.54. The number of aromatic amines is 1. The Hall–Kier alpha value is -3.05. The van der Waals surface area contributed by atoms with Crippen molar-refractivity contribution in [3.63, 3.8) is 0 Å². The predicted molar refractivity (Wildman–Crippen MR) is 271 cm³/mol. The molecule has 0 saturated heterocycles. The summed E-state index contributed by atoms with van der Waals surface area (Å²) in [5.41, 5.74) is 9.82. The molecule has 0 unspecified atom stereocenters. The number of aliphatic hydroxyl groups excluding tert-OH is 1. The number of nitrogens with one attached hydrogen (secondary N) is 3. The van der Waals surface area contributed by atoms with Gasteiger partial charge in [0.1, 0.15) is 0 Å². The number of amides is 2. The summed E-state index contributed by atoms with van der Waals surface area (Å²) in [7, 11) is 0. The van der Waals surface area contributed by atoms with E-state index in [-0.39, 0.29) is 43.1 Å². The van der Waals surface area contributed by atoms with E-state index in [2.05, 4.69) is 117 Å². The molecule has 62 heavy (non-hydrogen) atoms. The number of fused-ring (bicyclic) bond motifs is 6. The molecule has 2 aromatic carbocycles. The van der Waals surface area contributed by atoms with Crippen LogP contribution in [-0.4, -0.2) is 61.1 Å². The summed E-state index contributed by atoms with van der Waals surface area (Å²) in [6.07, 6.45) is 5.40. The van der Waals surface area contributed by atoms with Crippen LogP contribution >= 0.6 is 74.5 Å². The SMILES string of the molecule is CC(C)OC(=O)N[C@@H]1Cc2[nH]c3ccc(C#N)cc3c2C1.CC(C)OC(=O)N[C@H]1Cc2c(n(Cc3ccccn3)c3ccc(C#N)cc23)C1.II.I[I-]I.OCc1ccccn1. The van der Waals surface area contributed by atoms with E-state index in [0.717, 1.165) is 58.9 Å². The molecular formula is C44H46I5N8O5-. The molecule has 2 amide bonds. The van der Waals surface area contributed by atoms with Crippen molar-refractivity contribution in [2.24, 2.45) is 0 Å². The van der Waals surface area contributed by atoms with Gasteiger partial charge >= 0.3 is 62.7 Å². The maximum absolute atomic E-state index is 12.0. The molecule has 2 aliphatic rings. The van der Waals surface area contributed by atoms with Crippen molar-refractivity contribution in [1.29, 1.82) is 10.5 Å². The van der Waals surface area contributed by atoms with Crippen LogP contribution in [0.25, 0.3) is 21.8 Å². The summed E-state index contributed by atoms with van der Waals surface area (Å²) in [5, 5.41) is 34.8. The van der Waals surface area contributed by atoms with Crippen LogP contribution in [0.15, 0.2) is 85.2 Å². The standard InChI is InChI=1S/C22H22N4O2.C16H17N3O2.C6H7NO.I3.I2/c1-14(2)28-22(27)25-17-10-19-18-9-15(12-23)6-7-20(18)26(21(19)11-17)13-16-5-3-4-8-24-16;1-9(2)21-16(20)18-11-6-13-12-5-10(8-17)3-4-14(12)19-15(13)7-11;8-5-6-3-1-2-4-7-6;1-3-2;1-2/h3-9,14,17H,10-11,13H2,1-2H3,(H,25,27);3-5,9,11,19H,6-7H2,1-2H3,(H,18,20);1-4,8H,5H2;;/q;;;-1;/t17-;11-;;;/m00.../s1. The zero-order chi connectivity index (χ0) is 45.2.